The smallest absolute Gasteiger partial charge is 0.261 e. The van der Waals surface area contributed by atoms with Crippen LogP contribution >= 0.6 is 0 Å². The molecule has 3 rings (SSSR count). The Balaban J connectivity index is 1.74. The number of piperazine rings is 1. The second kappa shape index (κ2) is 5.03. The molecule has 2 aliphatic heterocycles. The largest absolute Gasteiger partial charge is 0.339 e. The molecule has 6 heteroatoms. The topological polar surface area (TPSA) is 65.3 Å². The van der Waals surface area contributed by atoms with E-state index in [-0.39, 0.29) is 17.7 Å². The summed E-state index contributed by atoms with van der Waals surface area (Å²) in [6.45, 7) is 4.18. The van der Waals surface area contributed by atoms with Crippen molar-refractivity contribution in [2.24, 2.45) is 15.9 Å². The minimum absolute atomic E-state index is 0.0815. The Kier molecular flexibility index (Phi) is 3.22. The van der Waals surface area contributed by atoms with Gasteiger partial charge in [0.1, 0.15) is 5.92 Å². The maximum absolute atomic E-state index is 12.0. The summed E-state index contributed by atoms with van der Waals surface area (Å²) >= 11 is 0. The molecule has 0 aromatic rings. The Morgan fingerprint density at radius 1 is 1.20 bits per heavy atom. The van der Waals surface area contributed by atoms with Crippen LogP contribution in [0.15, 0.2) is 34.3 Å². The van der Waals surface area contributed by atoms with Crippen molar-refractivity contribution in [3.05, 3.63) is 24.3 Å². The maximum Gasteiger partial charge on any atom is 0.261 e. The van der Waals surface area contributed by atoms with E-state index in [2.05, 4.69) is 9.98 Å². The Morgan fingerprint density at radius 3 is 2.65 bits per heavy atom. The van der Waals surface area contributed by atoms with Crippen molar-refractivity contribution in [1.82, 2.24) is 9.80 Å². The van der Waals surface area contributed by atoms with E-state index in [0.717, 1.165) is 5.71 Å². The number of hydrogen-bond acceptors (Lipinski definition) is 4. The van der Waals surface area contributed by atoms with Gasteiger partial charge in [-0.1, -0.05) is 18.2 Å². The zero-order chi connectivity index (χ0) is 14.1. The van der Waals surface area contributed by atoms with Crippen LogP contribution in [0.4, 0.5) is 0 Å². The second-order valence-corrected chi connectivity index (χ2v) is 5.00. The van der Waals surface area contributed by atoms with Gasteiger partial charge < -0.3 is 9.80 Å². The van der Waals surface area contributed by atoms with Gasteiger partial charge in [-0.05, 0) is 6.08 Å². The molecular formula is C14H16N4O2. The molecule has 0 radical (unpaired) electrons. The van der Waals surface area contributed by atoms with Gasteiger partial charge in [0.25, 0.3) is 5.91 Å². The van der Waals surface area contributed by atoms with Crippen LogP contribution in [0.1, 0.15) is 6.92 Å². The molecule has 104 valence electrons. The highest BCUT2D eigenvalue weighted by Crippen LogP contribution is 2.18. The quantitative estimate of drug-likeness (QED) is 0.634. The molecule has 20 heavy (non-hydrogen) atoms. The summed E-state index contributed by atoms with van der Waals surface area (Å²) in [7, 11) is 0. The van der Waals surface area contributed by atoms with Crippen LogP contribution in [0.3, 0.4) is 0 Å². The molecule has 0 aromatic heterocycles. The highest BCUT2D eigenvalue weighted by Gasteiger charge is 2.29. The molecule has 1 aliphatic carbocycles. The predicted molar refractivity (Wildman–Crippen MR) is 75.5 cm³/mol. The molecule has 2 heterocycles. The molecule has 1 fully saturated rings. The van der Waals surface area contributed by atoms with Gasteiger partial charge in [0.2, 0.25) is 11.9 Å². The minimum Gasteiger partial charge on any atom is -0.339 e. The molecule has 2 amide bonds. The number of carbonyl (C=O) groups is 2. The average Bonchev–Trinajstić information content (AvgIpc) is 2.47. The van der Waals surface area contributed by atoms with E-state index in [0.29, 0.717) is 32.1 Å². The van der Waals surface area contributed by atoms with Crippen LogP contribution in [0.5, 0.6) is 0 Å². The van der Waals surface area contributed by atoms with E-state index in [4.69, 9.17) is 0 Å². The number of carbonyl (C=O) groups excluding carboxylic acids is 2. The number of rotatable bonds is 0. The van der Waals surface area contributed by atoms with Crippen molar-refractivity contribution >= 4 is 23.5 Å². The van der Waals surface area contributed by atoms with Gasteiger partial charge in [0.05, 0.1) is 5.71 Å². The zero-order valence-electron chi connectivity index (χ0n) is 11.3. The maximum atomic E-state index is 12.0. The van der Waals surface area contributed by atoms with E-state index in [1.807, 2.05) is 29.2 Å². The first-order valence-corrected chi connectivity index (χ1v) is 6.71. The monoisotopic (exact) mass is 272 g/mol. The second-order valence-electron chi connectivity index (χ2n) is 5.00. The van der Waals surface area contributed by atoms with Gasteiger partial charge in [-0.15, -0.1) is 0 Å². The van der Waals surface area contributed by atoms with Crippen LogP contribution in [-0.2, 0) is 9.59 Å². The normalized spacial score (nSPS) is 25.2. The summed E-state index contributed by atoms with van der Waals surface area (Å²) in [5, 5.41) is 0. The van der Waals surface area contributed by atoms with Crippen LogP contribution < -0.4 is 0 Å². The van der Waals surface area contributed by atoms with Crippen molar-refractivity contribution < 1.29 is 9.59 Å². The SMILES string of the molecule is CC(=O)N1CCN(C2=NC(=O)C3C=CC=CC3=N2)CC1. The summed E-state index contributed by atoms with van der Waals surface area (Å²) in [5.41, 5.74) is 0.747. The van der Waals surface area contributed by atoms with Crippen molar-refractivity contribution in [2.75, 3.05) is 26.2 Å². The van der Waals surface area contributed by atoms with Crippen LogP contribution in [0.25, 0.3) is 0 Å². The molecule has 0 saturated carbocycles. The molecule has 0 spiro atoms. The van der Waals surface area contributed by atoms with E-state index >= 15 is 0 Å². The van der Waals surface area contributed by atoms with Gasteiger partial charge in [-0.3, -0.25) is 9.59 Å². The molecule has 3 aliphatic rings. The fraction of sp³-hybridized carbons (Fsp3) is 0.429. The van der Waals surface area contributed by atoms with Gasteiger partial charge in [0.15, 0.2) is 0 Å². The number of hydrogen-bond donors (Lipinski definition) is 0. The van der Waals surface area contributed by atoms with E-state index in [1.54, 1.807) is 11.8 Å². The Labute approximate surface area is 117 Å². The summed E-state index contributed by atoms with van der Waals surface area (Å²) in [6.07, 6.45) is 7.38. The lowest BCUT2D eigenvalue weighted by Crippen LogP contribution is -2.50. The predicted octanol–water partition coefficient (Wildman–Crippen LogP) is 0.230. The minimum atomic E-state index is -0.331. The fourth-order valence-corrected chi connectivity index (χ4v) is 2.52. The van der Waals surface area contributed by atoms with Crippen LogP contribution in [0.2, 0.25) is 0 Å². The third-order valence-electron chi connectivity index (χ3n) is 3.71. The lowest BCUT2D eigenvalue weighted by Gasteiger charge is -2.35. The molecule has 1 unspecified atom stereocenters. The third-order valence-corrected chi connectivity index (χ3v) is 3.71. The van der Waals surface area contributed by atoms with Gasteiger partial charge >= 0.3 is 0 Å². The highest BCUT2D eigenvalue weighted by atomic mass is 16.2. The summed E-state index contributed by atoms with van der Waals surface area (Å²) < 4.78 is 0. The number of allylic oxidation sites excluding steroid dienone is 3. The third kappa shape index (κ3) is 2.29. The number of guanidine groups is 1. The Hall–Kier alpha value is -2.24. The lowest BCUT2D eigenvalue weighted by molar-refractivity contribution is -0.130. The van der Waals surface area contributed by atoms with Crippen LogP contribution in [0, 0.1) is 5.92 Å². The standard InChI is InChI=1S/C14H16N4O2/c1-10(19)17-6-8-18(9-7-17)14-15-12-5-3-2-4-11(12)13(20)16-14/h2-5,11H,6-9H2,1H3. The number of amides is 2. The first-order valence-electron chi connectivity index (χ1n) is 6.71. The number of fused-ring (bicyclic) bond motifs is 1. The molecule has 0 bridgehead atoms. The fourth-order valence-electron chi connectivity index (χ4n) is 2.52. The molecule has 0 N–H and O–H groups in total. The average molecular weight is 272 g/mol. The van der Waals surface area contributed by atoms with Crippen molar-refractivity contribution in [3.63, 3.8) is 0 Å². The molecular weight excluding hydrogens is 256 g/mol. The van der Waals surface area contributed by atoms with E-state index in [9.17, 15) is 9.59 Å². The van der Waals surface area contributed by atoms with E-state index in [1.165, 1.54) is 0 Å². The number of nitrogens with zero attached hydrogens (tertiary/aromatic N) is 4. The lowest BCUT2D eigenvalue weighted by atomic mass is 9.97. The molecule has 6 nitrogen and oxygen atoms in total. The highest BCUT2D eigenvalue weighted by molar-refractivity contribution is 6.20. The van der Waals surface area contributed by atoms with Crippen molar-refractivity contribution in [1.29, 1.82) is 0 Å². The Morgan fingerprint density at radius 2 is 1.95 bits per heavy atom. The van der Waals surface area contributed by atoms with Gasteiger partial charge in [0, 0.05) is 33.1 Å². The van der Waals surface area contributed by atoms with Crippen molar-refractivity contribution in [3.8, 4) is 0 Å². The zero-order valence-corrected chi connectivity index (χ0v) is 11.3. The molecule has 1 atom stereocenters. The molecule has 1 saturated heterocycles. The summed E-state index contributed by atoms with van der Waals surface area (Å²) in [5.74, 6) is 0.0595. The molecule has 0 aromatic carbocycles. The first-order chi connectivity index (χ1) is 9.65. The Bertz CT molecular complexity index is 566. The number of aliphatic imine (C=N–C) groups is 2. The van der Waals surface area contributed by atoms with Crippen molar-refractivity contribution in [2.45, 2.75) is 6.92 Å². The van der Waals surface area contributed by atoms with E-state index < -0.39 is 0 Å². The summed E-state index contributed by atoms with van der Waals surface area (Å²) in [6, 6.07) is 0. The first kappa shape index (κ1) is 12.8. The van der Waals surface area contributed by atoms with Gasteiger partial charge in [-0.2, -0.15) is 4.99 Å². The van der Waals surface area contributed by atoms with Gasteiger partial charge in [-0.25, -0.2) is 4.99 Å². The summed E-state index contributed by atoms with van der Waals surface area (Å²) in [4.78, 5) is 35.6. The van der Waals surface area contributed by atoms with Crippen LogP contribution in [-0.4, -0.2) is 59.5 Å².